The van der Waals surface area contributed by atoms with Crippen LogP contribution in [-0.2, 0) is 0 Å². The summed E-state index contributed by atoms with van der Waals surface area (Å²) >= 11 is 0. The highest BCUT2D eigenvalue weighted by Gasteiger charge is 2.20. The van der Waals surface area contributed by atoms with E-state index in [-0.39, 0.29) is 0 Å². The molecule has 8 aromatic rings. The van der Waals surface area contributed by atoms with E-state index >= 15 is 0 Å². The van der Waals surface area contributed by atoms with Gasteiger partial charge in [0.05, 0.1) is 6.26 Å². The van der Waals surface area contributed by atoms with Crippen molar-refractivity contribution in [3.8, 4) is 22.3 Å². The number of fused-ring (bicyclic) bond motifs is 6. The van der Waals surface area contributed by atoms with Crippen molar-refractivity contribution < 1.29 is 4.42 Å². The Morgan fingerprint density at radius 3 is 1.65 bits per heavy atom. The molecular formula is C36H22O. The zero-order valence-corrected chi connectivity index (χ0v) is 20.1. The number of furan rings is 1. The molecule has 1 heterocycles. The highest BCUT2D eigenvalue weighted by molar-refractivity contribution is 6.25. The van der Waals surface area contributed by atoms with Crippen LogP contribution < -0.4 is 0 Å². The molecule has 7 aromatic carbocycles. The molecule has 37 heavy (non-hydrogen) atoms. The molecule has 0 atom stereocenters. The standard InChI is InChI=1S/C36H22O/c1-2-11-25-21-26(18-17-23(25)9-1)34-28-13-5-7-15-30(28)35(31-16-8-6-14-29(31)34)32-22-37-33-20-19-24-10-3-4-12-27(24)36(32)33/h1-22H. The van der Waals surface area contributed by atoms with Gasteiger partial charge in [0.1, 0.15) is 5.58 Å². The van der Waals surface area contributed by atoms with Crippen molar-refractivity contribution in [1.29, 1.82) is 0 Å². The van der Waals surface area contributed by atoms with Crippen LogP contribution >= 0.6 is 0 Å². The Bertz CT molecular complexity index is 2090. The van der Waals surface area contributed by atoms with Crippen molar-refractivity contribution in [3.05, 3.63) is 134 Å². The Morgan fingerprint density at radius 1 is 0.405 bits per heavy atom. The van der Waals surface area contributed by atoms with E-state index in [1.165, 1.54) is 65.2 Å². The topological polar surface area (TPSA) is 13.1 Å². The number of rotatable bonds is 2. The summed E-state index contributed by atoms with van der Waals surface area (Å²) in [6.45, 7) is 0. The molecule has 8 rings (SSSR count). The van der Waals surface area contributed by atoms with E-state index in [1.54, 1.807) is 0 Å². The molecule has 172 valence electrons. The molecule has 0 amide bonds. The lowest BCUT2D eigenvalue weighted by Gasteiger charge is -2.17. The third kappa shape index (κ3) is 2.98. The van der Waals surface area contributed by atoms with E-state index < -0.39 is 0 Å². The molecule has 0 aliphatic heterocycles. The third-order valence-electron chi connectivity index (χ3n) is 7.70. The van der Waals surface area contributed by atoms with Crippen LogP contribution in [0.3, 0.4) is 0 Å². The fraction of sp³-hybridized carbons (Fsp3) is 0. The van der Waals surface area contributed by atoms with Crippen molar-refractivity contribution in [2.24, 2.45) is 0 Å². The summed E-state index contributed by atoms with van der Waals surface area (Å²) in [4.78, 5) is 0. The van der Waals surface area contributed by atoms with Crippen molar-refractivity contribution >= 4 is 54.1 Å². The monoisotopic (exact) mass is 470 g/mol. The first kappa shape index (κ1) is 20.3. The summed E-state index contributed by atoms with van der Waals surface area (Å²) in [6, 6.07) is 45.8. The summed E-state index contributed by atoms with van der Waals surface area (Å²) in [5.41, 5.74) is 5.80. The number of benzene rings is 7. The first-order valence-corrected chi connectivity index (χ1v) is 12.7. The predicted octanol–water partition coefficient (Wildman–Crippen LogP) is 10.4. The molecule has 0 saturated heterocycles. The maximum absolute atomic E-state index is 6.17. The maximum atomic E-state index is 6.17. The highest BCUT2D eigenvalue weighted by atomic mass is 16.3. The summed E-state index contributed by atoms with van der Waals surface area (Å²) < 4.78 is 6.17. The van der Waals surface area contributed by atoms with Crippen molar-refractivity contribution in [2.75, 3.05) is 0 Å². The van der Waals surface area contributed by atoms with Crippen LogP contribution in [0.1, 0.15) is 0 Å². The van der Waals surface area contributed by atoms with Gasteiger partial charge in [-0.25, -0.2) is 0 Å². The Morgan fingerprint density at radius 2 is 0.946 bits per heavy atom. The molecule has 1 aromatic heterocycles. The molecule has 0 bridgehead atoms. The summed E-state index contributed by atoms with van der Waals surface area (Å²) in [7, 11) is 0. The molecule has 0 spiro atoms. The van der Waals surface area contributed by atoms with Crippen molar-refractivity contribution in [3.63, 3.8) is 0 Å². The minimum atomic E-state index is 0.917. The van der Waals surface area contributed by atoms with Crippen LogP contribution in [0.2, 0.25) is 0 Å². The normalized spacial score (nSPS) is 11.8. The zero-order chi connectivity index (χ0) is 24.3. The molecule has 0 radical (unpaired) electrons. The predicted molar refractivity (Wildman–Crippen MR) is 157 cm³/mol. The Balaban J connectivity index is 1.54. The van der Waals surface area contributed by atoms with Crippen LogP contribution in [0.5, 0.6) is 0 Å². The van der Waals surface area contributed by atoms with Gasteiger partial charge in [0, 0.05) is 16.5 Å². The molecule has 1 heteroatoms. The first-order valence-electron chi connectivity index (χ1n) is 12.7. The van der Waals surface area contributed by atoms with E-state index in [0.29, 0.717) is 0 Å². The van der Waals surface area contributed by atoms with Crippen LogP contribution in [-0.4, -0.2) is 0 Å². The van der Waals surface area contributed by atoms with Gasteiger partial charge in [0.25, 0.3) is 0 Å². The molecule has 0 saturated carbocycles. The smallest absolute Gasteiger partial charge is 0.135 e. The highest BCUT2D eigenvalue weighted by Crippen LogP contribution is 2.47. The molecule has 0 unspecified atom stereocenters. The lowest BCUT2D eigenvalue weighted by molar-refractivity contribution is 0.617. The average molecular weight is 471 g/mol. The summed E-state index contributed by atoms with van der Waals surface area (Å²) in [6.07, 6.45) is 1.95. The van der Waals surface area contributed by atoms with Gasteiger partial charge in [-0.1, -0.05) is 115 Å². The van der Waals surface area contributed by atoms with Gasteiger partial charge in [0.15, 0.2) is 0 Å². The van der Waals surface area contributed by atoms with Crippen molar-refractivity contribution in [2.45, 2.75) is 0 Å². The van der Waals surface area contributed by atoms with Gasteiger partial charge < -0.3 is 4.42 Å². The summed E-state index contributed by atoms with van der Waals surface area (Å²) in [5, 5.41) is 11.1. The molecule has 1 nitrogen and oxygen atoms in total. The van der Waals surface area contributed by atoms with Crippen LogP contribution in [0.15, 0.2) is 138 Å². The fourth-order valence-corrected chi connectivity index (χ4v) is 6.07. The maximum Gasteiger partial charge on any atom is 0.135 e. The average Bonchev–Trinajstić information content (AvgIpc) is 3.40. The van der Waals surface area contributed by atoms with Gasteiger partial charge in [0.2, 0.25) is 0 Å². The molecule has 0 aliphatic rings. The second kappa shape index (κ2) is 7.81. The summed E-state index contributed by atoms with van der Waals surface area (Å²) in [5.74, 6) is 0. The zero-order valence-electron chi connectivity index (χ0n) is 20.1. The minimum absolute atomic E-state index is 0.917. The Hall–Kier alpha value is -4.88. The minimum Gasteiger partial charge on any atom is -0.464 e. The lowest BCUT2D eigenvalue weighted by Crippen LogP contribution is -1.90. The molecule has 0 fully saturated rings. The lowest BCUT2D eigenvalue weighted by atomic mass is 9.85. The quantitative estimate of drug-likeness (QED) is 0.229. The Kier molecular flexibility index (Phi) is 4.29. The van der Waals surface area contributed by atoms with Gasteiger partial charge >= 0.3 is 0 Å². The van der Waals surface area contributed by atoms with Crippen LogP contribution in [0.25, 0.3) is 76.3 Å². The van der Waals surface area contributed by atoms with Crippen molar-refractivity contribution in [1.82, 2.24) is 0 Å². The largest absolute Gasteiger partial charge is 0.464 e. The van der Waals surface area contributed by atoms with Gasteiger partial charge in [-0.05, 0) is 66.3 Å². The second-order valence-corrected chi connectivity index (χ2v) is 9.71. The van der Waals surface area contributed by atoms with E-state index in [0.717, 1.165) is 11.1 Å². The number of hydrogen-bond donors (Lipinski definition) is 0. The van der Waals surface area contributed by atoms with E-state index in [9.17, 15) is 0 Å². The van der Waals surface area contributed by atoms with E-state index in [4.69, 9.17) is 4.42 Å². The molecule has 0 N–H and O–H groups in total. The second-order valence-electron chi connectivity index (χ2n) is 9.71. The third-order valence-corrected chi connectivity index (χ3v) is 7.70. The fourth-order valence-electron chi connectivity index (χ4n) is 6.07. The Labute approximate surface area is 214 Å². The number of hydrogen-bond acceptors (Lipinski definition) is 1. The van der Waals surface area contributed by atoms with E-state index in [1.807, 2.05) is 6.26 Å². The first-order chi connectivity index (χ1) is 18.4. The van der Waals surface area contributed by atoms with Crippen LogP contribution in [0, 0.1) is 0 Å². The van der Waals surface area contributed by atoms with Gasteiger partial charge in [-0.3, -0.25) is 0 Å². The van der Waals surface area contributed by atoms with Crippen LogP contribution in [0.4, 0.5) is 0 Å². The molecular weight excluding hydrogens is 448 g/mol. The SMILES string of the molecule is c1ccc2cc(-c3c4ccccc4c(-c4coc5ccc6ccccc6c45)c4ccccc34)ccc2c1. The van der Waals surface area contributed by atoms with E-state index in [2.05, 4.69) is 127 Å². The molecule has 0 aliphatic carbocycles. The van der Waals surface area contributed by atoms with Gasteiger partial charge in [-0.2, -0.15) is 0 Å². The van der Waals surface area contributed by atoms with Gasteiger partial charge in [-0.15, -0.1) is 0 Å².